The molecule has 146 valence electrons. The minimum atomic E-state index is 0. The van der Waals surface area contributed by atoms with Crippen molar-refractivity contribution in [2.24, 2.45) is 10.9 Å². The highest BCUT2D eigenvalue weighted by Crippen LogP contribution is 2.32. The molecule has 0 spiro atoms. The van der Waals surface area contributed by atoms with Gasteiger partial charge in [0.05, 0.1) is 12.6 Å². The summed E-state index contributed by atoms with van der Waals surface area (Å²) in [5, 5.41) is 6.86. The van der Waals surface area contributed by atoms with Crippen molar-refractivity contribution in [3.8, 4) is 0 Å². The molecule has 0 radical (unpaired) electrons. The molecule has 1 saturated heterocycles. The van der Waals surface area contributed by atoms with Crippen molar-refractivity contribution in [3.05, 3.63) is 71.8 Å². The average Bonchev–Trinajstić information content (AvgIpc) is 2.72. The van der Waals surface area contributed by atoms with Gasteiger partial charge in [0.25, 0.3) is 0 Å². The van der Waals surface area contributed by atoms with Gasteiger partial charge in [0.1, 0.15) is 0 Å². The van der Waals surface area contributed by atoms with E-state index in [0.717, 1.165) is 32.1 Å². The molecule has 1 aliphatic heterocycles. The summed E-state index contributed by atoms with van der Waals surface area (Å²) in [6.45, 7) is 5.33. The van der Waals surface area contributed by atoms with E-state index >= 15 is 0 Å². The standard InChI is InChI=1S/C22H29N3O.HI/c1-2-23-22(24-16-18-10-5-3-6-11-18)25-17-20-14-9-15-26-21(20)19-12-7-4-8-13-19;/h3-8,10-13,20-21H,2,9,14-17H2,1H3,(H2,23,24,25);1H. The van der Waals surface area contributed by atoms with Crippen LogP contribution in [0.1, 0.15) is 37.0 Å². The van der Waals surface area contributed by atoms with Crippen molar-refractivity contribution in [3.63, 3.8) is 0 Å². The van der Waals surface area contributed by atoms with Crippen LogP contribution in [-0.4, -0.2) is 25.7 Å². The third-order valence-corrected chi connectivity index (χ3v) is 4.71. The summed E-state index contributed by atoms with van der Waals surface area (Å²) < 4.78 is 6.10. The van der Waals surface area contributed by atoms with E-state index in [1.165, 1.54) is 17.5 Å². The van der Waals surface area contributed by atoms with Crippen LogP contribution in [0.5, 0.6) is 0 Å². The molecule has 0 aliphatic carbocycles. The maximum absolute atomic E-state index is 6.10. The lowest BCUT2D eigenvalue weighted by Crippen LogP contribution is -2.42. The zero-order chi connectivity index (χ0) is 18.0. The molecular weight excluding hydrogens is 449 g/mol. The van der Waals surface area contributed by atoms with Gasteiger partial charge in [0, 0.05) is 25.6 Å². The Morgan fingerprint density at radius 3 is 2.44 bits per heavy atom. The van der Waals surface area contributed by atoms with E-state index in [9.17, 15) is 0 Å². The minimum Gasteiger partial charge on any atom is -0.373 e. The molecule has 2 unspecified atom stereocenters. The molecule has 27 heavy (non-hydrogen) atoms. The second-order valence-electron chi connectivity index (χ2n) is 6.67. The van der Waals surface area contributed by atoms with E-state index in [2.05, 4.69) is 72.2 Å². The lowest BCUT2D eigenvalue weighted by atomic mass is 9.89. The second kappa shape index (κ2) is 12.0. The first-order valence-electron chi connectivity index (χ1n) is 9.59. The van der Waals surface area contributed by atoms with E-state index in [1.807, 2.05) is 6.07 Å². The average molecular weight is 479 g/mol. The second-order valence-corrected chi connectivity index (χ2v) is 6.67. The Balaban J connectivity index is 0.00000261. The lowest BCUT2D eigenvalue weighted by molar-refractivity contribution is -0.0265. The Morgan fingerprint density at radius 1 is 1.04 bits per heavy atom. The normalized spacial score (nSPS) is 19.8. The van der Waals surface area contributed by atoms with E-state index < -0.39 is 0 Å². The van der Waals surface area contributed by atoms with Crippen LogP contribution in [0.15, 0.2) is 65.7 Å². The summed E-state index contributed by atoms with van der Waals surface area (Å²) in [5.74, 6) is 1.32. The third-order valence-electron chi connectivity index (χ3n) is 4.71. The van der Waals surface area contributed by atoms with Crippen molar-refractivity contribution in [1.82, 2.24) is 10.6 Å². The molecule has 2 aromatic rings. The fraction of sp³-hybridized carbons (Fsp3) is 0.409. The van der Waals surface area contributed by atoms with Crippen molar-refractivity contribution in [1.29, 1.82) is 0 Å². The van der Waals surface area contributed by atoms with Crippen molar-refractivity contribution in [2.75, 3.05) is 19.7 Å². The Labute approximate surface area is 179 Å². The summed E-state index contributed by atoms with van der Waals surface area (Å²) in [6.07, 6.45) is 2.45. The van der Waals surface area contributed by atoms with Gasteiger partial charge >= 0.3 is 0 Å². The molecule has 4 nitrogen and oxygen atoms in total. The monoisotopic (exact) mass is 479 g/mol. The lowest BCUT2D eigenvalue weighted by Gasteiger charge is -2.32. The van der Waals surface area contributed by atoms with Gasteiger partial charge in [0.15, 0.2) is 5.96 Å². The molecule has 0 bridgehead atoms. The molecular formula is C22H30IN3O. The van der Waals surface area contributed by atoms with Crippen LogP contribution in [0.4, 0.5) is 0 Å². The number of nitrogens with zero attached hydrogens (tertiary/aromatic N) is 1. The van der Waals surface area contributed by atoms with Crippen LogP contribution in [0.25, 0.3) is 0 Å². The van der Waals surface area contributed by atoms with Crippen molar-refractivity contribution >= 4 is 29.9 Å². The van der Waals surface area contributed by atoms with Crippen LogP contribution in [0, 0.1) is 5.92 Å². The Bertz CT molecular complexity index is 678. The van der Waals surface area contributed by atoms with Gasteiger partial charge < -0.3 is 15.4 Å². The highest BCUT2D eigenvalue weighted by molar-refractivity contribution is 14.0. The molecule has 0 saturated carbocycles. The SMILES string of the molecule is CCNC(=NCc1ccccc1)NCC1CCCOC1c1ccccc1.I. The molecule has 1 fully saturated rings. The van der Waals surface area contributed by atoms with Gasteiger partial charge in [0.2, 0.25) is 0 Å². The summed E-state index contributed by atoms with van der Waals surface area (Å²) in [4.78, 5) is 4.72. The van der Waals surface area contributed by atoms with Crippen LogP contribution in [0.3, 0.4) is 0 Å². The van der Waals surface area contributed by atoms with Crippen LogP contribution < -0.4 is 10.6 Å². The van der Waals surface area contributed by atoms with E-state index in [4.69, 9.17) is 9.73 Å². The molecule has 2 aromatic carbocycles. The number of benzene rings is 2. The smallest absolute Gasteiger partial charge is 0.191 e. The first kappa shape index (κ1) is 21.7. The Kier molecular flexibility index (Phi) is 9.62. The van der Waals surface area contributed by atoms with Crippen LogP contribution in [0.2, 0.25) is 0 Å². The first-order chi connectivity index (χ1) is 12.9. The number of halogens is 1. The molecule has 1 heterocycles. The molecule has 0 amide bonds. The largest absolute Gasteiger partial charge is 0.373 e. The maximum atomic E-state index is 6.10. The number of guanidine groups is 1. The zero-order valence-corrected chi connectivity index (χ0v) is 18.3. The molecule has 2 N–H and O–H groups in total. The molecule has 3 rings (SSSR count). The highest BCUT2D eigenvalue weighted by atomic mass is 127. The van der Waals surface area contributed by atoms with Gasteiger partial charge in [-0.15, -0.1) is 24.0 Å². The highest BCUT2D eigenvalue weighted by Gasteiger charge is 2.27. The van der Waals surface area contributed by atoms with Gasteiger partial charge in [-0.3, -0.25) is 0 Å². The van der Waals surface area contributed by atoms with Crippen LogP contribution in [-0.2, 0) is 11.3 Å². The summed E-state index contributed by atoms with van der Waals surface area (Å²) >= 11 is 0. The molecule has 2 atom stereocenters. The quantitative estimate of drug-likeness (QED) is 0.364. The number of hydrogen-bond donors (Lipinski definition) is 2. The van der Waals surface area contributed by atoms with Gasteiger partial charge in [-0.1, -0.05) is 60.7 Å². The maximum Gasteiger partial charge on any atom is 0.191 e. The van der Waals surface area contributed by atoms with Crippen molar-refractivity contribution in [2.45, 2.75) is 32.4 Å². The molecule has 5 heteroatoms. The Morgan fingerprint density at radius 2 is 1.74 bits per heavy atom. The predicted octanol–water partition coefficient (Wildman–Crippen LogP) is 4.53. The number of ether oxygens (including phenoxy) is 1. The topological polar surface area (TPSA) is 45.7 Å². The summed E-state index contributed by atoms with van der Waals surface area (Å²) in [6, 6.07) is 20.9. The number of rotatable bonds is 6. The first-order valence-corrected chi connectivity index (χ1v) is 9.59. The third kappa shape index (κ3) is 6.81. The number of nitrogens with one attached hydrogen (secondary N) is 2. The molecule has 1 aliphatic rings. The number of hydrogen-bond acceptors (Lipinski definition) is 2. The van der Waals surface area contributed by atoms with E-state index in [1.54, 1.807) is 0 Å². The fourth-order valence-electron chi connectivity index (χ4n) is 3.39. The van der Waals surface area contributed by atoms with E-state index in [-0.39, 0.29) is 30.1 Å². The van der Waals surface area contributed by atoms with Gasteiger partial charge in [-0.05, 0) is 30.9 Å². The van der Waals surface area contributed by atoms with Crippen LogP contribution >= 0.6 is 24.0 Å². The predicted molar refractivity (Wildman–Crippen MR) is 123 cm³/mol. The minimum absolute atomic E-state index is 0. The van der Waals surface area contributed by atoms with Gasteiger partial charge in [-0.2, -0.15) is 0 Å². The molecule has 0 aromatic heterocycles. The zero-order valence-electron chi connectivity index (χ0n) is 15.9. The van der Waals surface area contributed by atoms with E-state index in [0.29, 0.717) is 12.5 Å². The summed E-state index contributed by atoms with van der Waals surface area (Å²) in [7, 11) is 0. The van der Waals surface area contributed by atoms with Gasteiger partial charge in [-0.25, -0.2) is 4.99 Å². The summed E-state index contributed by atoms with van der Waals surface area (Å²) in [5.41, 5.74) is 2.48. The number of aliphatic imine (C=N–C) groups is 1. The Hall–Kier alpha value is -1.60. The van der Waals surface area contributed by atoms with Crippen molar-refractivity contribution < 1.29 is 4.74 Å². The fourth-order valence-corrected chi connectivity index (χ4v) is 3.39.